The fourth-order valence-electron chi connectivity index (χ4n) is 2.29. The van der Waals surface area contributed by atoms with Gasteiger partial charge in [-0.3, -0.25) is 4.79 Å². The van der Waals surface area contributed by atoms with E-state index in [2.05, 4.69) is 5.32 Å². The van der Waals surface area contributed by atoms with Gasteiger partial charge in [0, 0.05) is 0 Å². The number of carbonyl (C=O) groups is 2. The van der Waals surface area contributed by atoms with Gasteiger partial charge in [0.25, 0.3) is 0 Å². The summed E-state index contributed by atoms with van der Waals surface area (Å²) >= 11 is 0.443. The SMILES string of the molecule is O=C(CSCC(F)(F)F)NC1(C(=O)O)CCCCCC1. The molecule has 0 saturated heterocycles. The topological polar surface area (TPSA) is 66.4 Å². The van der Waals surface area contributed by atoms with E-state index in [1.54, 1.807) is 0 Å². The van der Waals surface area contributed by atoms with Crippen molar-refractivity contribution in [1.82, 2.24) is 5.32 Å². The standard InChI is InChI=1S/C12H18F3NO3S/c13-12(14,15)8-20-7-9(17)16-11(10(18)19)5-3-1-2-4-6-11/h1-8H2,(H,16,17)(H,18,19). The smallest absolute Gasteiger partial charge is 0.397 e. The number of nitrogens with one attached hydrogen (secondary N) is 1. The lowest BCUT2D eigenvalue weighted by Crippen LogP contribution is -2.54. The molecule has 20 heavy (non-hydrogen) atoms. The maximum atomic E-state index is 12.0. The van der Waals surface area contributed by atoms with Gasteiger partial charge in [-0.2, -0.15) is 13.2 Å². The van der Waals surface area contributed by atoms with Gasteiger partial charge in [-0.1, -0.05) is 25.7 Å². The molecule has 116 valence electrons. The zero-order valence-corrected chi connectivity index (χ0v) is 11.8. The van der Waals surface area contributed by atoms with Crippen LogP contribution >= 0.6 is 11.8 Å². The molecule has 1 amide bonds. The fourth-order valence-corrected chi connectivity index (χ4v) is 2.88. The van der Waals surface area contributed by atoms with E-state index in [-0.39, 0.29) is 5.75 Å². The van der Waals surface area contributed by atoms with Crippen LogP contribution in [0.3, 0.4) is 0 Å². The van der Waals surface area contributed by atoms with E-state index in [0.717, 1.165) is 12.8 Å². The Morgan fingerprint density at radius 1 is 1.15 bits per heavy atom. The van der Waals surface area contributed by atoms with Gasteiger partial charge >= 0.3 is 12.1 Å². The summed E-state index contributed by atoms with van der Waals surface area (Å²) in [5, 5.41) is 11.7. The minimum absolute atomic E-state index is 0.331. The van der Waals surface area contributed by atoms with Gasteiger partial charge in [-0.25, -0.2) is 4.79 Å². The first kappa shape index (κ1) is 17.1. The van der Waals surface area contributed by atoms with Gasteiger partial charge in [0.2, 0.25) is 5.91 Å². The van der Waals surface area contributed by atoms with Crippen molar-refractivity contribution < 1.29 is 27.9 Å². The van der Waals surface area contributed by atoms with Crippen LogP contribution in [0.4, 0.5) is 13.2 Å². The van der Waals surface area contributed by atoms with Crippen LogP contribution in [0.1, 0.15) is 38.5 Å². The van der Waals surface area contributed by atoms with Crippen LogP contribution in [-0.2, 0) is 9.59 Å². The summed E-state index contributed by atoms with van der Waals surface area (Å²) in [4.78, 5) is 23.1. The summed E-state index contributed by atoms with van der Waals surface area (Å²) in [6.45, 7) is 0. The molecule has 0 spiro atoms. The molecule has 1 fully saturated rings. The highest BCUT2D eigenvalue weighted by Gasteiger charge is 2.40. The normalized spacial score (nSPS) is 19.1. The second-order valence-electron chi connectivity index (χ2n) is 4.96. The first-order valence-electron chi connectivity index (χ1n) is 6.44. The number of aliphatic carboxylic acids is 1. The minimum atomic E-state index is -4.32. The van der Waals surface area contributed by atoms with E-state index >= 15 is 0 Å². The molecule has 1 saturated carbocycles. The molecule has 0 bridgehead atoms. The lowest BCUT2D eigenvalue weighted by Gasteiger charge is -2.29. The van der Waals surface area contributed by atoms with Crippen molar-refractivity contribution in [3.63, 3.8) is 0 Å². The van der Waals surface area contributed by atoms with Crippen molar-refractivity contribution in [1.29, 1.82) is 0 Å². The third kappa shape index (κ3) is 5.60. The van der Waals surface area contributed by atoms with Gasteiger partial charge in [-0.15, -0.1) is 11.8 Å². The summed E-state index contributed by atoms with van der Waals surface area (Å²) in [6.07, 6.45) is -0.445. The van der Waals surface area contributed by atoms with Crippen molar-refractivity contribution in [3.8, 4) is 0 Å². The number of hydrogen-bond donors (Lipinski definition) is 2. The Labute approximate surface area is 119 Å². The number of amides is 1. The average Bonchev–Trinajstić information content (AvgIpc) is 2.53. The predicted molar refractivity (Wildman–Crippen MR) is 69.6 cm³/mol. The lowest BCUT2D eigenvalue weighted by atomic mass is 9.90. The third-order valence-electron chi connectivity index (χ3n) is 3.24. The molecule has 2 N–H and O–H groups in total. The zero-order chi connectivity index (χ0) is 15.2. The van der Waals surface area contributed by atoms with E-state index in [1.807, 2.05) is 0 Å². The average molecular weight is 313 g/mol. The van der Waals surface area contributed by atoms with Crippen LogP contribution < -0.4 is 5.32 Å². The lowest BCUT2D eigenvalue weighted by molar-refractivity contribution is -0.148. The summed E-state index contributed by atoms with van der Waals surface area (Å²) < 4.78 is 35.9. The van der Waals surface area contributed by atoms with Crippen molar-refractivity contribution in [2.75, 3.05) is 11.5 Å². The van der Waals surface area contributed by atoms with Crippen LogP contribution in [0.2, 0.25) is 0 Å². The van der Waals surface area contributed by atoms with Crippen LogP contribution in [0.25, 0.3) is 0 Å². The molecule has 0 unspecified atom stereocenters. The number of rotatable bonds is 5. The molecule has 0 aliphatic heterocycles. The Morgan fingerprint density at radius 2 is 1.70 bits per heavy atom. The second kappa shape index (κ2) is 7.19. The number of carboxylic acid groups (broad SMARTS) is 1. The van der Waals surface area contributed by atoms with Crippen molar-refractivity contribution in [2.24, 2.45) is 0 Å². The number of hydrogen-bond acceptors (Lipinski definition) is 3. The van der Waals surface area contributed by atoms with Gasteiger partial charge in [-0.05, 0) is 12.8 Å². The number of halogens is 3. The Morgan fingerprint density at radius 3 is 2.15 bits per heavy atom. The molecular formula is C12H18F3NO3S. The Balaban J connectivity index is 2.53. The summed E-state index contributed by atoms with van der Waals surface area (Å²) in [5.74, 6) is -3.24. The van der Waals surface area contributed by atoms with Crippen LogP contribution in [0.15, 0.2) is 0 Å². The predicted octanol–water partition coefficient (Wildman–Crippen LogP) is 2.58. The highest BCUT2D eigenvalue weighted by Crippen LogP contribution is 2.28. The van der Waals surface area contributed by atoms with Crippen LogP contribution in [0.5, 0.6) is 0 Å². The minimum Gasteiger partial charge on any atom is -0.480 e. The highest BCUT2D eigenvalue weighted by atomic mass is 32.2. The quantitative estimate of drug-likeness (QED) is 0.766. The molecule has 0 aromatic carbocycles. The van der Waals surface area contributed by atoms with E-state index < -0.39 is 29.3 Å². The first-order valence-corrected chi connectivity index (χ1v) is 7.60. The summed E-state index contributed by atoms with van der Waals surface area (Å²) in [6, 6.07) is 0. The molecule has 1 aliphatic carbocycles. The Bertz CT molecular complexity index is 352. The van der Waals surface area contributed by atoms with Crippen molar-refractivity contribution in [3.05, 3.63) is 0 Å². The molecule has 0 heterocycles. The Kier molecular flexibility index (Phi) is 6.16. The maximum Gasteiger partial charge on any atom is 0.397 e. The maximum absolute atomic E-state index is 12.0. The fraction of sp³-hybridized carbons (Fsp3) is 0.833. The molecule has 0 aromatic heterocycles. The van der Waals surface area contributed by atoms with Gasteiger partial charge in [0.05, 0.1) is 11.5 Å². The number of alkyl halides is 3. The van der Waals surface area contributed by atoms with E-state index in [9.17, 15) is 27.9 Å². The number of carbonyl (C=O) groups excluding carboxylic acids is 1. The largest absolute Gasteiger partial charge is 0.480 e. The van der Waals surface area contributed by atoms with Crippen molar-refractivity contribution >= 4 is 23.6 Å². The van der Waals surface area contributed by atoms with E-state index in [4.69, 9.17) is 0 Å². The summed E-state index contributed by atoms with van der Waals surface area (Å²) in [5.41, 5.74) is -1.31. The monoisotopic (exact) mass is 313 g/mol. The third-order valence-corrected chi connectivity index (χ3v) is 4.24. The van der Waals surface area contributed by atoms with Crippen molar-refractivity contribution in [2.45, 2.75) is 50.2 Å². The molecule has 4 nitrogen and oxygen atoms in total. The van der Waals surface area contributed by atoms with Gasteiger partial charge in [0.1, 0.15) is 5.54 Å². The second-order valence-corrected chi connectivity index (χ2v) is 5.94. The molecule has 1 aliphatic rings. The molecule has 0 atom stereocenters. The first-order chi connectivity index (χ1) is 9.25. The highest BCUT2D eigenvalue weighted by molar-refractivity contribution is 8.00. The zero-order valence-electron chi connectivity index (χ0n) is 11.0. The molecule has 0 radical (unpaired) electrons. The summed E-state index contributed by atoms with van der Waals surface area (Å²) in [7, 11) is 0. The number of thioether (sulfide) groups is 1. The Hall–Kier alpha value is -0.920. The van der Waals surface area contributed by atoms with Crippen LogP contribution in [-0.4, -0.2) is 40.2 Å². The molecular weight excluding hydrogens is 295 g/mol. The molecule has 0 aromatic rings. The van der Waals surface area contributed by atoms with E-state index in [0.29, 0.717) is 37.4 Å². The van der Waals surface area contributed by atoms with Crippen LogP contribution in [0, 0.1) is 0 Å². The van der Waals surface area contributed by atoms with Gasteiger partial charge < -0.3 is 10.4 Å². The number of carboxylic acids is 1. The molecule has 1 rings (SSSR count). The van der Waals surface area contributed by atoms with Gasteiger partial charge in [0.15, 0.2) is 0 Å². The van der Waals surface area contributed by atoms with E-state index in [1.165, 1.54) is 0 Å². The molecule has 8 heteroatoms.